The van der Waals surface area contributed by atoms with Crippen molar-refractivity contribution in [2.24, 2.45) is 11.3 Å². The smallest absolute Gasteiger partial charge is 0.0146 e. The Morgan fingerprint density at radius 3 is 2.25 bits per heavy atom. The van der Waals surface area contributed by atoms with Gasteiger partial charge in [0.05, 0.1) is 0 Å². The predicted octanol–water partition coefficient (Wildman–Crippen LogP) is 2.81. The molecule has 0 amide bonds. The van der Waals surface area contributed by atoms with Gasteiger partial charge in [0.1, 0.15) is 0 Å². The first kappa shape index (κ1) is 10.0. The van der Waals surface area contributed by atoms with E-state index in [0.717, 1.165) is 18.5 Å². The van der Waals surface area contributed by atoms with Crippen LogP contribution < -0.4 is 5.32 Å². The van der Waals surface area contributed by atoms with Crippen molar-refractivity contribution in [2.45, 2.75) is 53.0 Å². The molecule has 1 saturated carbocycles. The lowest BCUT2D eigenvalue weighted by molar-refractivity contribution is 0.265. The summed E-state index contributed by atoms with van der Waals surface area (Å²) in [6, 6.07) is 0.757. The minimum atomic E-state index is 0.630. The summed E-state index contributed by atoms with van der Waals surface area (Å²) in [5.41, 5.74) is 0.630. The zero-order valence-corrected chi connectivity index (χ0v) is 8.98. The fourth-order valence-electron chi connectivity index (χ4n) is 2.10. The van der Waals surface area contributed by atoms with E-state index in [2.05, 4.69) is 33.0 Å². The third kappa shape index (κ3) is 2.01. The van der Waals surface area contributed by atoms with Gasteiger partial charge < -0.3 is 5.32 Å². The lowest BCUT2D eigenvalue weighted by Gasteiger charge is -2.29. The van der Waals surface area contributed by atoms with E-state index in [1.54, 1.807) is 0 Å². The Labute approximate surface area is 76.9 Å². The van der Waals surface area contributed by atoms with E-state index < -0.39 is 0 Å². The number of nitrogens with one attached hydrogen (secondary N) is 1. The molecule has 0 spiro atoms. The fourth-order valence-corrected chi connectivity index (χ4v) is 2.10. The summed E-state index contributed by atoms with van der Waals surface area (Å²) in [5.74, 6) is 0.831. The summed E-state index contributed by atoms with van der Waals surface area (Å²) < 4.78 is 0. The zero-order chi connectivity index (χ0) is 9.19. The van der Waals surface area contributed by atoms with Crippen LogP contribution >= 0.6 is 0 Å². The summed E-state index contributed by atoms with van der Waals surface area (Å²) >= 11 is 0. The molecule has 1 aliphatic rings. The van der Waals surface area contributed by atoms with Gasteiger partial charge in [-0.25, -0.2) is 0 Å². The van der Waals surface area contributed by atoms with Crippen LogP contribution in [0.15, 0.2) is 0 Å². The first-order chi connectivity index (χ1) is 5.64. The molecule has 1 rings (SSSR count). The van der Waals surface area contributed by atoms with Crippen LogP contribution in [0.3, 0.4) is 0 Å². The van der Waals surface area contributed by atoms with E-state index in [1.807, 2.05) is 0 Å². The van der Waals surface area contributed by atoms with Gasteiger partial charge in [0.2, 0.25) is 0 Å². The fraction of sp³-hybridized carbons (Fsp3) is 1.00. The maximum atomic E-state index is 3.64. The molecule has 0 radical (unpaired) electrons. The average Bonchev–Trinajstić information content (AvgIpc) is 2.79. The SMILES string of the molecule is CCNC(C(C)CC)C1(C)CC1. The van der Waals surface area contributed by atoms with Crippen LogP contribution in [0.2, 0.25) is 0 Å². The molecule has 0 aromatic heterocycles. The third-order valence-electron chi connectivity index (χ3n) is 3.43. The molecule has 0 bridgehead atoms. The van der Waals surface area contributed by atoms with Crippen LogP contribution in [-0.2, 0) is 0 Å². The summed E-state index contributed by atoms with van der Waals surface area (Å²) in [4.78, 5) is 0. The molecular formula is C11H23N. The van der Waals surface area contributed by atoms with Gasteiger partial charge in [0.25, 0.3) is 0 Å². The molecule has 1 N–H and O–H groups in total. The maximum Gasteiger partial charge on any atom is 0.0146 e. The van der Waals surface area contributed by atoms with Crippen LogP contribution in [0.5, 0.6) is 0 Å². The van der Waals surface area contributed by atoms with Crippen molar-refractivity contribution in [1.82, 2.24) is 5.32 Å². The standard InChI is InChI=1S/C11H23N/c1-5-9(3)10(12-6-2)11(4)7-8-11/h9-10,12H,5-8H2,1-4H3. The Bertz CT molecular complexity index is 138. The number of hydrogen-bond acceptors (Lipinski definition) is 1. The normalized spacial score (nSPS) is 25.0. The molecule has 0 aromatic carbocycles. The highest BCUT2D eigenvalue weighted by Crippen LogP contribution is 2.50. The van der Waals surface area contributed by atoms with Crippen LogP contribution in [0.1, 0.15) is 47.0 Å². The summed E-state index contributed by atoms with van der Waals surface area (Å²) in [7, 11) is 0. The van der Waals surface area contributed by atoms with Gasteiger partial charge >= 0.3 is 0 Å². The Balaban J connectivity index is 2.48. The molecule has 0 aromatic rings. The van der Waals surface area contributed by atoms with Gasteiger partial charge in [0.15, 0.2) is 0 Å². The van der Waals surface area contributed by atoms with E-state index in [1.165, 1.54) is 19.3 Å². The predicted molar refractivity (Wildman–Crippen MR) is 54.3 cm³/mol. The zero-order valence-electron chi connectivity index (χ0n) is 8.98. The van der Waals surface area contributed by atoms with Crippen molar-refractivity contribution in [3.8, 4) is 0 Å². The average molecular weight is 169 g/mol. The van der Waals surface area contributed by atoms with E-state index in [-0.39, 0.29) is 0 Å². The minimum Gasteiger partial charge on any atom is -0.313 e. The van der Waals surface area contributed by atoms with E-state index in [4.69, 9.17) is 0 Å². The van der Waals surface area contributed by atoms with Crippen molar-refractivity contribution in [3.63, 3.8) is 0 Å². The van der Waals surface area contributed by atoms with E-state index in [9.17, 15) is 0 Å². The van der Waals surface area contributed by atoms with Crippen LogP contribution in [0.25, 0.3) is 0 Å². The summed E-state index contributed by atoms with van der Waals surface area (Å²) in [6.07, 6.45) is 4.15. The van der Waals surface area contributed by atoms with Gasteiger partial charge in [-0.3, -0.25) is 0 Å². The van der Waals surface area contributed by atoms with Crippen molar-refractivity contribution in [3.05, 3.63) is 0 Å². The number of hydrogen-bond donors (Lipinski definition) is 1. The van der Waals surface area contributed by atoms with Crippen molar-refractivity contribution < 1.29 is 0 Å². The molecular weight excluding hydrogens is 146 g/mol. The van der Waals surface area contributed by atoms with Crippen LogP contribution in [0.4, 0.5) is 0 Å². The molecule has 1 aliphatic carbocycles. The molecule has 1 nitrogen and oxygen atoms in total. The Kier molecular flexibility index (Phi) is 3.16. The first-order valence-electron chi connectivity index (χ1n) is 5.37. The van der Waals surface area contributed by atoms with Crippen molar-refractivity contribution >= 4 is 0 Å². The lowest BCUT2D eigenvalue weighted by Crippen LogP contribution is -2.41. The Morgan fingerprint density at radius 2 is 1.92 bits per heavy atom. The van der Waals surface area contributed by atoms with Crippen molar-refractivity contribution in [1.29, 1.82) is 0 Å². The highest BCUT2D eigenvalue weighted by Gasteiger charge is 2.45. The summed E-state index contributed by atoms with van der Waals surface area (Å²) in [6.45, 7) is 10.4. The lowest BCUT2D eigenvalue weighted by atomic mass is 9.86. The molecule has 0 aliphatic heterocycles. The third-order valence-corrected chi connectivity index (χ3v) is 3.43. The molecule has 1 fully saturated rings. The molecule has 12 heavy (non-hydrogen) atoms. The quantitative estimate of drug-likeness (QED) is 0.667. The van der Waals surface area contributed by atoms with Crippen LogP contribution in [0, 0.1) is 11.3 Å². The Hall–Kier alpha value is -0.0400. The van der Waals surface area contributed by atoms with E-state index in [0.29, 0.717) is 5.41 Å². The largest absolute Gasteiger partial charge is 0.313 e. The number of rotatable bonds is 5. The maximum absolute atomic E-state index is 3.64. The molecule has 2 unspecified atom stereocenters. The van der Waals surface area contributed by atoms with Gasteiger partial charge in [-0.1, -0.05) is 34.1 Å². The van der Waals surface area contributed by atoms with E-state index >= 15 is 0 Å². The van der Waals surface area contributed by atoms with Crippen LogP contribution in [-0.4, -0.2) is 12.6 Å². The topological polar surface area (TPSA) is 12.0 Å². The Morgan fingerprint density at radius 1 is 1.33 bits per heavy atom. The van der Waals surface area contributed by atoms with Crippen molar-refractivity contribution in [2.75, 3.05) is 6.54 Å². The van der Waals surface area contributed by atoms with Gasteiger partial charge in [-0.2, -0.15) is 0 Å². The summed E-state index contributed by atoms with van der Waals surface area (Å²) in [5, 5.41) is 3.64. The molecule has 0 heterocycles. The molecule has 1 heteroatoms. The second-order valence-corrected chi connectivity index (χ2v) is 4.57. The van der Waals surface area contributed by atoms with Gasteiger partial charge in [-0.05, 0) is 30.7 Å². The minimum absolute atomic E-state index is 0.630. The second-order valence-electron chi connectivity index (χ2n) is 4.57. The second kappa shape index (κ2) is 3.78. The molecule has 72 valence electrons. The first-order valence-corrected chi connectivity index (χ1v) is 5.37. The highest BCUT2D eigenvalue weighted by atomic mass is 14.9. The highest BCUT2D eigenvalue weighted by molar-refractivity contribution is 5.00. The molecule has 0 saturated heterocycles. The van der Waals surface area contributed by atoms with Gasteiger partial charge in [-0.15, -0.1) is 0 Å². The monoisotopic (exact) mass is 169 g/mol. The van der Waals surface area contributed by atoms with Gasteiger partial charge in [0, 0.05) is 6.04 Å². The molecule has 2 atom stereocenters.